The largest absolute Gasteiger partial charge is 0.286 e. The predicted octanol–water partition coefficient (Wildman–Crippen LogP) is 3.84. The summed E-state index contributed by atoms with van der Waals surface area (Å²) in [7, 11) is 0. The summed E-state index contributed by atoms with van der Waals surface area (Å²) in [5.41, 5.74) is 2.30. The molecule has 0 aromatic heterocycles. The van der Waals surface area contributed by atoms with Gasteiger partial charge in [0.15, 0.2) is 5.12 Å². The minimum atomic E-state index is 0.239. The number of carbonyl (C=O) groups excluding carboxylic acids is 1. The van der Waals surface area contributed by atoms with Gasteiger partial charge in [0.1, 0.15) is 0 Å². The van der Waals surface area contributed by atoms with Gasteiger partial charge in [-0.15, -0.1) is 0 Å². The van der Waals surface area contributed by atoms with Gasteiger partial charge in [0.05, 0.1) is 0 Å². The smallest absolute Gasteiger partial charge is 0.197 e. The Hall–Kier alpha value is -1.54. The lowest BCUT2D eigenvalue weighted by atomic mass is 10.0. The average molecular weight is 226 g/mol. The molecule has 2 heteroatoms. The van der Waals surface area contributed by atoms with E-state index in [1.165, 1.54) is 22.5 Å². The quantitative estimate of drug-likeness (QED) is 0.734. The molecule has 0 amide bonds. The van der Waals surface area contributed by atoms with Crippen LogP contribution in [0.2, 0.25) is 0 Å². The molecule has 78 valence electrons. The van der Waals surface area contributed by atoms with E-state index in [9.17, 15) is 4.79 Å². The van der Waals surface area contributed by atoms with E-state index in [-0.39, 0.29) is 5.12 Å². The van der Waals surface area contributed by atoms with E-state index in [2.05, 4.69) is 30.3 Å². The Morgan fingerprint density at radius 3 is 2.56 bits per heavy atom. The Kier molecular flexibility index (Phi) is 2.29. The molecule has 2 aromatic carbocycles. The van der Waals surface area contributed by atoms with E-state index in [4.69, 9.17) is 0 Å². The van der Waals surface area contributed by atoms with Crippen molar-refractivity contribution in [3.63, 3.8) is 0 Å². The van der Waals surface area contributed by atoms with Gasteiger partial charge in [-0.2, -0.15) is 0 Å². The number of rotatable bonds is 1. The molecule has 1 aliphatic heterocycles. The van der Waals surface area contributed by atoms with Crippen molar-refractivity contribution in [3.05, 3.63) is 53.4 Å². The van der Waals surface area contributed by atoms with Crippen LogP contribution in [0.5, 0.6) is 0 Å². The molecule has 0 fully saturated rings. The number of benzene rings is 2. The van der Waals surface area contributed by atoms with Gasteiger partial charge < -0.3 is 0 Å². The summed E-state index contributed by atoms with van der Waals surface area (Å²) < 4.78 is 0. The van der Waals surface area contributed by atoms with Gasteiger partial charge in [0, 0.05) is 6.42 Å². The van der Waals surface area contributed by atoms with E-state index >= 15 is 0 Å². The number of hydrogen-bond acceptors (Lipinski definition) is 2. The first-order chi connectivity index (χ1) is 7.83. The van der Waals surface area contributed by atoms with Crippen LogP contribution in [0.25, 0.3) is 16.3 Å². The average Bonchev–Trinajstić information content (AvgIpc) is 2.75. The van der Waals surface area contributed by atoms with Crippen molar-refractivity contribution in [3.8, 4) is 0 Å². The third-order valence-corrected chi connectivity index (χ3v) is 3.60. The fourth-order valence-corrected chi connectivity index (χ4v) is 2.67. The Labute approximate surface area is 98.2 Å². The fraction of sp³-hybridized carbons (Fsp3) is 0.0714. The lowest BCUT2D eigenvalue weighted by Crippen LogP contribution is -1.86. The highest BCUT2D eigenvalue weighted by Crippen LogP contribution is 2.32. The standard InChI is InChI=1S/C14H10OS/c15-14-8-13(9-16-14)12-6-5-10-3-1-2-4-11(10)7-12/h1-7,9H,8H2. The van der Waals surface area contributed by atoms with E-state index in [0.717, 1.165) is 11.1 Å². The monoisotopic (exact) mass is 226 g/mol. The lowest BCUT2D eigenvalue weighted by molar-refractivity contribution is -0.109. The highest BCUT2D eigenvalue weighted by molar-refractivity contribution is 8.16. The second-order valence-corrected chi connectivity index (χ2v) is 4.80. The SMILES string of the molecule is O=C1CC(c2ccc3ccccc3c2)=CS1. The molecule has 0 bridgehead atoms. The maximum atomic E-state index is 11.2. The number of carbonyl (C=O) groups is 1. The Bertz CT molecular complexity index is 598. The van der Waals surface area contributed by atoms with E-state index < -0.39 is 0 Å². The number of hydrogen-bond donors (Lipinski definition) is 0. The molecule has 0 atom stereocenters. The van der Waals surface area contributed by atoms with Crippen LogP contribution < -0.4 is 0 Å². The maximum absolute atomic E-state index is 11.2. The highest BCUT2D eigenvalue weighted by atomic mass is 32.2. The zero-order chi connectivity index (χ0) is 11.0. The molecule has 1 nitrogen and oxygen atoms in total. The zero-order valence-corrected chi connectivity index (χ0v) is 9.46. The normalized spacial score (nSPS) is 15.5. The molecule has 0 unspecified atom stereocenters. The minimum absolute atomic E-state index is 0.239. The summed E-state index contributed by atoms with van der Waals surface area (Å²) in [6, 6.07) is 14.6. The van der Waals surface area contributed by atoms with E-state index in [1.807, 2.05) is 17.5 Å². The van der Waals surface area contributed by atoms with Crippen LogP contribution in [0.1, 0.15) is 12.0 Å². The molecule has 0 saturated carbocycles. The van der Waals surface area contributed by atoms with Crippen molar-refractivity contribution < 1.29 is 4.79 Å². The van der Waals surface area contributed by atoms with Crippen LogP contribution in [0, 0.1) is 0 Å². The van der Waals surface area contributed by atoms with Crippen molar-refractivity contribution in [2.45, 2.75) is 6.42 Å². The third-order valence-electron chi connectivity index (χ3n) is 2.79. The Morgan fingerprint density at radius 1 is 1.00 bits per heavy atom. The van der Waals surface area contributed by atoms with Gasteiger partial charge in [0.2, 0.25) is 0 Å². The number of fused-ring (bicyclic) bond motifs is 1. The summed E-state index contributed by atoms with van der Waals surface area (Å²) >= 11 is 1.30. The molecule has 0 aliphatic carbocycles. The van der Waals surface area contributed by atoms with Crippen LogP contribution in [0.3, 0.4) is 0 Å². The molecule has 0 spiro atoms. The van der Waals surface area contributed by atoms with Crippen molar-refractivity contribution >= 4 is 33.2 Å². The second-order valence-electron chi connectivity index (χ2n) is 3.87. The molecule has 2 aromatic rings. The fourth-order valence-electron chi connectivity index (χ4n) is 1.93. The molecule has 0 N–H and O–H groups in total. The molecular formula is C14H10OS. The van der Waals surface area contributed by atoms with Crippen LogP contribution in [-0.4, -0.2) is 5.12 Å². The van der Waals surface area contributed by atoms with Crippen LogP contribution >= 0.6 is 11.8 Å². The molecule has 3 rings (SSSR count). The van der Waals surface area contributed by atoms with Crippen LogP contribution in [0.4, 0.5) is 0 Å². The summed E-state index contributed by atoms with van der Waals surface area (Å²) in [5, 5.41) is 4.67. The topological polar surface area (TPSA) is 17.1 Å². The molecule has 16 heavy (non-hydrogen) atoms. The first kappa shape index (κ1) is 9.67. The van der Waals surface area contributed by atoms with Gasteiger partial charge in [-0.25, -0.2) is 0 Å². The van der Waals surface area contributed by atoms with Gasteiger partial charge in [-0.3, -0.25) is 4.79 Å². The highest BCUT2D eigenvalue weighted by Gasteiger charge is 2.15. The number of thioether (sulfide) groups is 1. The maximum Gasteiger partial charge on any atom is 0.197 e. The van der Waals surface area contributed by atoms with Gasteiger partial charge in [0.25, 0.3) is 0 Å². The lowest BCUT2D eigenvalue weighted by Gasteiger charge is -2.03. The molecule has 1 aliphatic rings. The zero-order valence-electron chi connectivity index (χ0n) is 8.64. The summed E-state index contributed by atoms with van der Waals surface area (Å²) in [6.45, 7) is 0. The summed E-state index contributed by atoms with van der Waals surface area (Å²) in [5.74, 6) is 0. The van der Waals surface area contributed by atoms with Crippen molar-refractivity contribution in [2.24, 2.45) is 0 Å². The summed E-state index contributed by atoms with van der Waals surface area (Å²) in [4.78, 5) is 11.2. The predicted molar refractivity (Wildman–Crippen MR) is 69.1 cm³/mol. The first-order valence-corrected chi connectivity index (χ1v) is 6.08. The first-order valence-electron chi connectivity index (χ1n) is 5.21. The number of allylic oxidation sites excluding steroid dienone is 1. The second kappa shape index (κ2) is 3.80. The van der Waals surface area contributed by atoms with Crippen LogP contribution in [0.15, 0.2) is 47.9 Å². The molecule has 0 saturated heterocycles. The summed E-state index contributed by atoms with van der Waals surface area (Å²) in [6.07, 6.45) is 0.559. The van der Waals surface area contributed by atoms with Gasteiger partial charge in [-0.1, -0.05) is 48.2 Å². The third kappa shape index (κ3) is 1.65. The Morgan fingerprint density at radius 2 is 1.81 bits per heavy atom. The van der Waals surface area contributed by atoms with Crippen molar-refractivity contribution in [1.29, 1.82) is 0 Å². The van der Waals surface area contributed by atoms with Crippen molar-refractivity contribution in [1.82, 2.24) is 0 Å². The molecule has 0 radical (unpaired) electrons. The van der Waals surface area contributed by atoms with Gasteiger partial charge in [-0.05, 0) is 33.4 Å². The van der Waals surface area contributed by atoms with Gasteiger partial charge >= 0.3 is 0 Å². The molecular weight excluding hydrogens is 216 g/mol. The Balaban J connectivity index is 2.09. The van der Waals surface area contributed by atoms with E-state index in [1.54, 1.807) is 0 Å². The van der Waals surface area contributed by atoms with E-state index in [0.29, 0.717) is 6.42 Å². The van der Waals surface area contributed by atoms with Crippen LogP contribution in [-0.2, 0) is 4.79 Å². The van der Waals surface area contributed by atoms with Crippen molar-refractivity contribution in [2.75, 3.05) is 0 Å². The minimum Gasteiger partial charge on any atom is -0.286 e. The molecule has 1 heterocycles.